The van der Waals surface area contributed by atoms with E-state index < -0.39 is 0 Å². The standard InChI is InChI=1S/C17H20O4/c1-4-11(2)16(18)20-12(3)9-10-15-13-7-5-6-8-14(13)17(19)21-15/h4-8,12,15H,9-10H2,1-3H3/b11-4-/t12-,15-/m1/s1. The summed E-state index contributed by atoms with van der Waals surface area (Å²) in [5, 5.41) is 0. The highest BCUT2D eigenvalue weighted by Gasteiger charge is 2.30. The van der Waals surface area contributed by atoms with E-state index in [9.17, 15) is 9.59 Å². The zero-order valence-corrected chi connectivity index (χ0v) is 12.6. The molecule has 4 heteroatoms. The first-order valence-electron chi connectivity index (χ1n) is 7.16. The van der Waals surface area contributed by atoms with E-state index in [4.69, 9.17) is 9.47 Å². The second-order valence-electron chi connectivity index (χ2n) is 5.25. The number of carbonyl (C=O) groups excluding carboxylic acids is 2. The molecule has 0 radical (unpaired) electrons. The van der Waals surface area contributed by atoms with Crippen molar-refractivity contribution in [2.75, 3.05) is 0 Å². The van der Waals surface area contributed by atoms with E-state index >= 15 is 0 Å². The average Bonchev–Trinajstić information content (AvgIpc) is 2.81. The predicted octanol–water partition coefficient (Wildman–Crippen LogP) is 3.58. The lowest BCUT2D eigenvalue weighted by Crippen LogP contribution is -2.16. The Hall–Kier alpha value is -2.10. The molecule has 4 nitrogen and oxygen atoms in total. The van der Waals surface area contributed by atoms with Crippen molar-refractivity contribution in [1.29, 1.82) is 0 Å². The first-order valence-corrected chi connectivity index (χ1v) is 7.16. The number of rotatable bonds is 5. The van der Waals surface area contributed by atoms with Gasteiger partial charge in [-0.2, -0.15) is 0 Å². The Labute approximate surface area is 124 Å². The van der Waals surface area contributed by atoms with Gasteiger partial charge in [-0.05, 0) is 39.7 Å². The summed E-state index contributed by atoms with van der Waals surface area (Å²) in [5.74, 6) is -0.571. The summed E-state index contributed by atoms with van der Waals surface area (Å²) in [6.07, 6.45) is 2.57. The minimum atomic E-state index is -0.297. The zero-order chi connectivity index (χ0) is 15.4. The summed E-state index contributed by atoms with van der Waals surface area (Å²) < 4.78 is 10.7. The lowest BCUT2D eigenvalue weighted by atomic mass is 10.0. The number of ether oxygens (including phenoxy) is 2. The Morgan fingerprint density at radius 2 is 2.14 bits per heavy atom. The van der Waals surface area contributed by atoms with Gasteiger partial charge >= 0.3 is 11.9 Å². The van der Waals surface area contributed by atoms with E-state index in [2.05, 4.69) is 0 Å². The molecule has 0 N–H and O–H groups in total. The van der Waals surface area contributed by atoms with Crippen molar-refractivity contribution in [3.63, 3.8) is 0 Å². The number of benzene rings is 1. The van der Waals surface area contributed by atoms with Crippen LogP contribution in [0, 0.1) is 0 Å². The number of hydrogen-bond acceptors (Lipinski definition) is 4. The van der Waals surface area contributed by atoms with Crippen LogP contribution in [-0.4, -0.2) is 18.0 Å². The molecule has 0 fully saturated rings. The Bertz CT molecular complexity index is 574. The molecule has 0 saturated carbocycles. The van der Waals surface area contributed by atoms with E-state index in [1.807, 2.05) is 25.1 Å². The SMILES string of the molecule is C/C=C(/C)C(=O)O[C@H](C)CC[C@H]1OC(=O)c2ccccc21. The van der Waals surface area contributed by atoms with Gasteiger partial charge < -0.3 is 9.47 Å². The molecule has 0 bridgehead atoms. The van der Waals surface area contributed by atoms with Crippen LogP contribution in [-0.2, 0) is 14.3 Å². The number of allylic oxidation sites excluding steroid dienone is 1. The molecule has 0 aromatic heterocycles. The Kier molecular flexibility index (Phi) is 4.78. The molecule has 0 spiro atoms. The lowest BCUT2D eigenvalue weighted by Gasteiger charge is -2.16. The summed E-state index contributed by atoms with van der Waals surface area (Å²) in [4.78, 5) is 23.4. The van der Waals surface area contributed by atoms with Crippen LogP contribution >= 0.6 is 0 Å². The fraction of sp³-hybridized carbons (Fsp3) is 0.412. The van der Waals surface area contributed by atoms with Gasteiger partial charge in [-0.15, -0.1) is 0 Å². The minimum Gasteiger partial charge on any atom is -0.459 e. The fourth-order valence-corrected chi connectivity index (χ4v) is 2.27. The lowest BCUT2D eigenvalue weighted by molar-refractivity contribution is -0.143. The van der Waals surface area contributed by atoms with Crippen molar-refractivity contribution in [1.82, 2.24) is 0 Å². The molecule has 112 valence electrons. The monoisotopic (exact) mass is 288 g/mol. The van der Waals surface area contributed by atoms with E-state index in [-0.39, 0.29) is 24.1 Å². The van der Waals surface area contributed by atoms with Gasteiger partial charge in [0.05, 0.1) is 11.7 Å². The maximum atomic E-state index is 11.7. The zero-order valence-electron chi connectivity index (χ0n) is 12.6. The van der Waals surface area contributed by atoms with Crippen LogP contribution in [0.25, 0.3) is 0 Å². The van der Waals surface area contributed by atoms with Crippen LogP contribution in [0.15, 0.2) is 35.9 Å². The first-order chi connectivity index (χ1) is 10.0. The van der Waals surface area contributed by atoms with E-state index in [1.54, 1.807) is 26.0 Å². The third kappa shape index (κ3) is 3.51. The number of hydrogen-bond donors (Lipinski definition) is 0. The summed E-state index contributed by atoms with van der Waals surface area (Å²) in [7, 11) is 0. The molecule has 1 aliphatic heterocycles. The highest BCUT2D eigenvalue weighted by Crippen LogP contribution is 2.34. The summed E-state index contributed by atoms with van der Waals surface area (Å²) in [5.41, 5.74) is 2.15. The molecular formula is C17H20O4. The molecule has 0 saturated heterocycles. The molecular weight excluding hydrogens is 268 g/mol. The minimum absolute atomic E-state index is 0.209. The average molecular weight is 288 g/mol. The number of carbonyl (C=O) groups is 2. The highest BCUT2D eigenvalue weighted by atomic mass is 16.6. The van der Waals surface area contributed by atoms with Crippen molar-refractivity contribution in [2.24, 2.45) is 0 Å². The molecule has 2 rings (SSSR count). The summed E-state index contributed by atoms with van der Waals surface area (Å²) >= 11 is 0. The Morgan fingerprint density at radius 3 is 2.86 bits per heavy atom. The third-order valence-corrected chi connectivity index (χ3v) is 3.68. The molecule has 0 aliphatic carbocycles. The third-order valence-electron chi connectivity index (χ3n) is 3.68. The van der Waals surface area contributed by atoms with Gasteiger partial charge in [-0.25, -0.2) is 9.59 Å². The van der Waals surface area contributed by atoms with Gasteiger partial charge in [-0.3, -0.25) is 0 Å². The van der Waals surface area contributed by atoms with Gasteiger partial charge in [0.25, 0.3) is 0 Å². The van der Waals surface area contributed by atoms with Gasteiger partial charge in [0.1, 0.15) is 6.10 Å². The van der Waals surface area contributed by atoms with Crippen molar-refractivity contribution >= 4 is 11.9 Å². The molecule has 0 amide bonds. The smallest absolute Gasteiger partial charge is 0.339 e. The fourth-order valence-electron chi connectivity index (χ4n) is 2.27. The van der Waals surface area contributed by atoms with Gasteiger partial charge in [0.15, 0.2) is 0 Å². The van der Waals surface area contributed by atoms with Crippen molar-refractivity contribution in [3.05, 3.63) is 47.0 Å². The van der Waals surface area contributed by atoms with Crippen molar-refractivity contribution in [3.8, 4) is 0 Å². The topological polar surface area (TPSA) is 52.6 Å². The molecule has 1 heterocycles. The second kappa shape index (κ2) is 6.57. The molecule has 1 aromatic rings. The number of cyclic esters (lactones) is 1. The molecule has 2 atom stereocenters. The Balaban J connectivity index is 1.90. The van der Waals surface area contributed by atoms with E-state index in [1.165, 1.54) is 0 Å². The number of esters is 2. The van der Waals surface area contributed by atoms with Crippen LogP contribution in [0.3, 0.4) is 0 Å². The maximum absolute atomic E-state index is 11.7. The normalized spacial score (nSPS) is 18.9. The van der Waals surface area contributed by atoms with Crippen LogP contribution < -0.4 is 0 Å². The van der Waals surface area contributed by atoms with Crippen LogP contribution in [0.5, 0.6) is 0 Å². The quantitative estimate of drug-likeness (QED) is 0.614. The van der Waals surface area contributed by atoms with Crippen molar-refractivity contribution < 1.29 is 19.1 Å². The summed E-state index contributed by atoms with van der Waals surface area (Å²) in [6, 6.07) is 7.40. The van der Waals surface area contributed by atoms with Crippen LogP contribution in [0.2, 0.25) is 0 Å². The van der Waals surface area contributed by atoms with Gasteiger partial charge in [0, 0.05) is 11.1 Å². The number of fused-ring (bicyclic) bond motifs is 1. The highest BCUT2D eigenvalue weighted by molar-refractivity contribution is 5.93. The van der Waals surface area contributed by atoms with Crippen LogP contribution in [0.4, 0.5) is 0 Å². The molecule has 1 aromatic carbocycles. The second-order valence-corrected chi connectivity index (χ2v) is 5.25. The molecule has 1 aliphatic rings. The van der Waals surface area contributed by atoms with Crippen molar-refractivity contribution in [2.45, 2.75) is 45.8 Å². The first kappa shape index (κ1) is 15.3. The van der Waals surface area contributed by atoms with Crippen LogP contribution in [0.1, 0.15) is 55.6 Å². The predicted molar refractivity (Wildman–Crippen MR) is 78.8 cm³/mol. The van der Waals surface area contributed by atoms with E-state index in [0.717, 1.165) is 5.56 Å². The molecule has 21 heavy (non-hydrogen) atoms. The Morgan fingerprint density at radius 1 is 1.43 bits per heavy atom. The summed E-state index contributed by atoms with van der Waals surface area (Å²) in [6.45, 7) is 5.38. The van der Waals surface area contributed by atoms with Gasteiger partial charge in [0.2, 0.25) is 0 Å². The maximum Gasteiger partial charge on any atom is 0.339 e. The largest absolute Gasteiger partial charge is 0.459 e. The van der Waals surface area contributed by atoms with Gasteiger partial charge in [-0.1, -0.05) is 24.3 Å². The van der Waals surface area contributed by atoms with E-state index in [0.29, 0.717) is 24.0 Å². The molecule has 0 unspecified atom stereocenters.